The maximum atomic E-state index is 14.0. The highest BCUT2D eigenvalue weighted by atomic mass is 32.1. The molecule has 0 unspecified atom stereocenters. The van der Waals surface area contributed by atoms with Crippen LogP contribution in [0.2, 0.25) is 0 Å². The van der Waals surface area contributed by atoms with Gasteiger partial charge in [0.15, 0.2) is 11.6 Å². The van der Waals surface area contributed by atoms with Gasteiger partial charge in [-0.15, -0.1) is 11.3 Å². The summed E-state index contributed by atoms with van der Waals surface area (Å²) in [4.78, 5) is 85.0. The van der Waals surface area contributed by atoms with Crippen molar-refractivity contribution in [1.29, 1.82) is 0 Å². The Hall–Kier alpha value is -7.79. The number of pyridine rings is 1. The number of unbranched alkanes of at least 4 members (excludes halogenated alkanes) is 2. The molecule has 460 valence electrons. The molecular formula is C64H83N11O10S. The molecule has 0 saturated carbocycles. The van der Waals surface area contributed by atoms with Gasteiger partial charge in [0.2, 0.25) is 17.7 Å². The van der Waals surface area contributed by atoms with E-state index in [-0.39, 0.29) is 56.7 Å². The predicted molar refractivity (Wildman–Crippen MR) is 328 cm³/mol. The minimum Gasteiger partial charge on any atom is -0.494 e. The van der Waals surface area contributed by atoms with Crippen LogP contribution in [0.3, 0.4) is 0 Å². The van der Waals surface area contributed by atoms with Crippen LogP contribution in [0, 0.1) is 12.3 Å². The molecule has 86 heavy (non-hydrogen) atoms. The van der Waals surface area contributed by atoms with Crippen LogP contribution in [0.1, 0.15) is 132 Å². The normalized spacial score (nSPS) is 16.7. The molecule has 2 saturated heterocycles. The number of hydrogen-bond acceptors (Lipinski definition) is 16. The summed E-state index contributed by atoms with van der Waals surface area (Å²) in [5.74, 6) is 0.349. The maximum absolute atomic E-state index is 14.0. The number of aliphatic hydroxyl groups is 1. The van der Waals surface area contributed by atoms with Crippen LogP contribution in [0.25, 0.3) is 21.8 Å². The number of aromatic nitrogens is 5. The number of likely N-dealkylation sites (tertiary alicyclic amines) is 2. The van der Waals surface area contributed by atoms with Crippen molar-refractivity contribution >= 4 is 46.7 Å². The lowest BCUT2D eigenvalue weighted by atomic mass is 9.85. The van der Waals surface area contributed by atoms with Crippen molar-refractivity contribution in [2.75, 3.05) is 58.0 Å². The lowest BCUT2D eigenvalue weighted by molar-refractivity contribution is -0.144. The fourth-order valence-electron chi connectivity index (χ4n) is 10.4. The number of ether oxygens (including phenoxy) is 4. The van der Waals surface area contributed by atoms with E-state index < -0.39 is 46.6 Å². The quantitative estimate of drug-likeness (QED) is 0.0277. The van der Waals surface area contributed by atoms with Crippen LogP contribution in [0.5, 0.6) is 5.75 Å². The number of aliphatic hydroxyl groups excluding tert-OH is 1. The van der Waals surface area contributed by atoms with Gasteiger partial charge in [-0.05, 0) is 138 Å². The minimum atomic E-state index is -0.960. The molecule has 0 aliphatic carbocycles. The summed E-state index contributed by atoms with van der Waals surface area (Å²) in [5.41, 5.74) is 5.55. The van der Waals surface area contributed by atoms with Gasteiger partial charge in [-0.25, -0.2) is 14.8 Å². The van der Waals surface area contributed by atoms with Gasteiger partial charge in [0.05, 0.1) is 34.8 Å². The number of amides is 5. The van der Waals surface area contributed by atoms with E-state index in [4.69, 9.17) is 23.9 Å². The van der Waals surface area contributed by atoms with Gasteiger partial charge in [0.1, 0.15) is 35.6 Å². The molecule has 5 heterocycles. The number of hydrogen-bond donors (Lipinski definition) is 6. The van der Waals surface area contributed by atoms with Crippen LogP contribution in [-0.2, 0) is 40.7 Å². The molecule has 2 aliphatic heterocycles. The van der Waals surface area contributed by atoms with Crippen LogP contribution in [-0.4, -0.2) is 146 Å². The highest BCUT2D eigenvalue weighted by molar-refractivity contribution is 7.13. The number of carbonyl (C=O) groups is 5. The van der Waals surface area contributed by atoms with E-state index in [0.29, 0.717) is 80.8 Å². The molecule has 3 aromatic carbocycles. The molecule has 0 spiro atoms. The summed E-state index contributed by atoms with van der Waals surface area (Å²) in [6.45, 7) is 17.6. The third-order valence-corrected chi connectivity index (χ3v) is 16.1. The molecule has 22 heteroatoms. The van der Waals surface area contributed by atoms with E-state index in [0.717, 1.165) is 52.1 Å². The second-order valence-corrected chi connectivity index (χ2v) is 25.0. The molecule has 21 nitrogen and oxygen atoms in total. The number of H-pyrrole nitrogens is 1. The first-order chi connectivity index (χ1) is 41.1. The van der Waals surface area contributed by atoms with Crippen molar-refractivity contribution < 1.29 is 48.0 Å². The zero-order chi connectivity index (χ0) is 61.4. The number of nitrogens with zero attached hydrogens (tertiary/aromatic N) is 6. The second-order valence-electron chi connectivity index (χ2n) is 24.1. The number of nitrogens with one attached hydrogen (secondary N) is 5. The summed E-state index contributed by atoms with van der Waals surface area (Å²) in [5, 5.41) is 30.9. The Morgan fingerprint density at radius 1 is 0.837 bits per heavy atom. The third-order valence-electron chi connectivity index (χ3n) is 15.1. The van der Waals surface area contributed by atoms with Crippen LogP contribution in [0.15, 0.2) is 103 Å². The largest absolute Gasteiger partial charge is 0.494 e. The Kier molecular flexibility index (Phi) is 22.1. The van der Waals surface area contributed by atoms with Gasteiger partial charge in [0.25, 0.3) is 5.91 Å². The summed E-state index contributed by atoms with van der Waals surface area (Å²) >= 11 is 1.57. The van der Waals surface area contributed by atoms with E-state index >= 15 is 0 Å². The van der Waals surface area contributed by atoms with Crippen molar-refractivity contribution in [3.8, 4) is 27.6 Å². The number of thiazole rings is 1. The molecule has 3 aromatic heterocycles. The molecular weight excluding hydrogens is 1110 g/mol. The Morgan fingerprint density at radius 2 is 1.56 bits per heavy atom. The van der Waals surface area contributed by atoms with Crippen molar-refractivity contribution in [2.45, 2.75) is 142 Å². The van der Waals surface area contributed by atoms with E-state index in [1.54, 1.807) is 34.7 Å². The highest BCUT2D eigenvalue weighted by Gasteiger charge is 2.45. The highest BCUT2D eigenvalue weighted by Crippen LogP contribution is 2.37. The zero-order valence-corrected chi connectivity index (χ0v) is 51.5. The van der Waals surface area contributed by atoms with Gasteiger partial charge in [-0.3, -0.25) is 29.3 Å². The number of β-amino-alcohol motifs (C(OH)–C–C–N with tert-alkyl or cyclic N) is 1. The Labute approximate surface area is 507 Å². The standard InChI is InChI=1S/C64H83N11O10S/c1-42(68-57(78)48-16-12-17-49(35-48)71-64(25-29-74(30-26-64)61(81)85-63(6,7)8)60-70-56(72-73-60)46-23-27-65-28-24-46)47-15-13-18-51(36-47)84-34-11-9-10-31-82-32-14-33-83-40-53(77)69-55(62(3,4)5)59(80)75-39-50(76)37-52(75)58(79)66-38-44-19-21-45(22-20-44)54-43(2)67-41-86-54/h12-13,15-24,27-28,35-36,41-42,50,52,55,71,76H,9-11,14,25-26,29-34,37-40H2,1-8H3,(H,66,79)(H,68,78)(H,69,77)(H,70,72,73)/t42-,50+,52-,55+/m0/s1. The summed E-state index contributed by atoms with van der Waals surface area (Å²) in [7, 11) is 0. The van der Waals surface area contributed by atoms with E-state index in [1.165, 1.54) is 4.90 Å². The van der Waals surface area contributed by atoms with E-state index in [2.05, 4.69) is 41.4 Å². The van der Waals surface area contributed by atoms with Gasteiger partial charge in [0, 0.05) is 81.6 Å². The fraction of sp³-hybridized carbons (Fsp3) is 0.484. The number of anilines is 1. The minimum absolute atomic E-state index is 0.0165. The zero-order valence-electron chi connectivity index (χ0n) is 50.7. The molecule has 6 aromatic rings. The summed E-state index contributed by atoms with van der Waals surface area (Å²) in [6.07, 6.45) is 6.38. The molecule has 2 fully saturated rings. The van der Waals surface area contributed by atoms with Crippen LogP contribution >= 0.6 is 11.3 Å². The van der Waals surface area contributed by atoms with Gasteiger partial charge >= 0.3 is 6.09 Å². The van der Waals surface area contributed by atoms with Crippen molar-refractivity contribution in [2.24, 2.45) is 5.41 Å². The number of aromatic amines is 1. The summed E-state index contributed by atoms with van der Waals surface area (Å²) < 4.78 is 23.3. The molecule has 5 amide bonds. The van der Waals surface area contributed by atoms with E-state index in [9.17, 15) is 29.1 Å². The van der Waals surface area contributed by atoms with Crippen molar-refractivity contribution in [3.63, 3.8) is 0 Å². The Balaban J connectivity index is 0.710. The smallest absolute Gasteiger partial charge is 0.410 e. The first-order valence-electron chi connectivity index (χ1n) is 29.6. The topological polar surface area (TPSA) is 264 Å². The average Bonchev–Trinajstić information content (AvgIpc) is 4.46. The fourth-order valence-corrected chi connectivity index (χ4v) is 11.2. The molecule has 8 rings (SSSR count). The Morgan fingerprint density at radius 3 is 2.28 bits per heavy atom. The number of benzene rings is 3. The van der Waals surface area contributed by atoms with Gasteiger partial charge in [-0.1, -0.05) is 63.2 Å². The van der Waals surface area contributed by atoms with Gasteiger partial charge in [-0.2, -0.15) is 5.10 Å². The van der Waals surface area contributed by atoms with E-state index in [1.807, 2.05) is 140 Å². The average molecular weight is 1200 g/mol. The number of aryl methyl sites for hydroxylation is 1. The molecule has 0 bridgehead atoms. The third kappa shape index (κ3) is 17.9. The summed E-state index contributed by atoms with van der Waals surface area (Å²) in [6, 6.07) is 24.5. The SMILES string of the molecule is Cc1ncsc1-c1ccc(CNC(=O)[C@@H]2C[C@@H](O)CN2C(=O)[C@@H](NC(=O)COCCCOCCCCCOc2cccc([C@H](C)NC(=O)c3cccc(NC4(c5nc(-c6ccncc6)n[nH]5)CCN(C(=O)OC(C)(C)C)CC4)c3)c2)C(C)(C)C)cc1. The molecule has 2 aliphatic rings. The molecule has 6 N–H and O–H groups in total. The number of rotatable bonds is 26. The first kappa shape index (κ1) is 64.2. The van der Waals surface area contributed by atoms with Crippen LogP contribution < -0.4 is 26.0 Å². The lowest BCUT2D eigenvalue weighted by Crippen LogP contribution is -2.58. The predicted octanol–water partition coefficient (Wildman–Crippen LogP) is 8.91. The maximum Gasteiger partial charge on any atom is 0.410 e. The lowest BCUT2D eigenvalue weighted by Gasteiger charge is -2.41. The Bertz CT molecular complexity index is 3210. The first-order valence-corrected chi connectivity index (χ1v) is 30.5. The van der Waals surface area contributed by atoms with Crippen LogP contribution in [0.4, 0.5) is 10.5 Å². The van der Waals surface area contributed by atoms with Gasteiger partial charge < -0.3 is 55.1 Å². The number of piperidine rings is 1. The van der Waals surface area contributed by atoms with Crippen molar-refractivity contribution in [1.82, 2.24) is 50.9 Å². The number of carbonyl (C=O) groups excluding carboxylic acids is 5. The second kappa shape index (κ2) is 29.5. The molecule has 4 atom stereocenters. The molecule has 0 radical (unpaired) electrons. The van der Waals surface area contributed by atoms with Crippen molar-refractivity contribution in [3.05, 3.63) is 131 Å². The monoisotopic (exact) mass is 1200 g/mol.